The van der Waals surface area contributed by atoms with Gasteiger partial charge in [-0.05, 0) is 53.6 Å². The summed E-state index contributed by atoms with van der Waals surface area (Å²) in [5, 5.41) is 21.5. The van der Waals surface area contributed by atoms with E-state index in [0.717, 1.165) is 5.56 Å². The van der Waals surface area contributed by atoms with E-state index in [1.165, 1.54) is 36.4 Å². The lowest BCUT2D eigenvalue weighted by molar-refractivity contribution is -0.385. The Morgan fingerprint density at radius 2 is 1.42 bits per heavy atom. The molecule has 0 atom stereocenters. The minimum atomic E-state index is -0.623. The van der Waals surface area contributed by atoms with Crippen molar-refractivity contribution >= 4 is 29.3 Å². The largest absolute Gasteiger partial charge is 0.489 e. The summed E-state index contributed by atoms with van der Waals surface area (Å²) in [7, 11) is 0. The van der Waals surface area contributed by atoms with Gasteiger partial charge in [-0.25, -0.2) is 9.79 Å². The van der Waals surface area contributed by atoms with Crippen molar-refractivity contribution in [3.63, 3.8) is 0 Å². The van der Waals surface area contributed by atoms with Crippen molar-refractivity contribution in [2.45, 2.75) is 6.61 Å². The molecule has 33 heavy (non-hydrogen) atoms. The Bertz CT molecular complexity index is 1280. The Hall–Kier alpha value is -4.86. The average Bonchev–Trinajstić information content (AvgIpc) is 3.19. The average molecular weight is 445 g/mol. The van der Waals surface area contributed by atoms with Crippen LogP contribution in [0.25, 0.3) is 6.08 Å². The van der Waals surface area contributed by atoms with Crippen LogP contribution in [0.3, 0.4) is 0 Å². The van der Waals surface area contributed by atoms with Gasteiger partial charge in [0.15, 0.2) is 5.70 Å². The standard InChI is InChI=1S/C23H15N3O7/c27-23-21(24-22(33-23)17-5-9-19(10-6-17)26(30)31)13-15-3-11-20(12-4-15)32-14-16-1-7-18(8-2-16)25(28)29/h1-13H,14H2/b21-13-. The number of ether oxygens (including phenoxy) is 2. The first-order valence-corrected chi connectivity index (χ1v) is 9.62. The Morgan fingerprint density at radius 3 is 2.00 bits per heavy atom. The second-order valence-electron chi connectivity index (χ2n) is 6.92. The molecule has 1 aliphatic rings. The van der Waals surface area contributed by atoms with E-state index in [4.69, 9.17) is 9.47 Å². The van der Waals surface area contributed by atoms with E-state index in [1.807, 2.05) is 0 Å². The highest BCUT2D eigenvalue weighted by Crippen LogP contribution is 2.22. The van der Waals surface area contributed by atoms with Crippen molar-refractivity contribution in [3.05, 3.63) is 115 Å². The first-order valence-electron chi connectivity index (χ1n) is 9.62. The van der Waals surface area contributed by atoms with Gasteiger partial charge in [0.25, 0.3) is 11.4 Å². The summed E-state index contributed by atoms with van der Waals surface area (Å²) in [6.07, 6.45) is 1.56. The van der Waals surface area contributed by atoms with Crippen LogP contribution in [0.5, 0.6) is 5.75 Å². The molecule has 0 radical (unpaired) electrons. The number of nitro benzene ring substituents is 2. The van der Waals surface area contributed by atoms with Crippen LogP contribution in [0.15, 0.2) is 83.5 Å². The number of cyclic esters (lactones) is 1. The summed E-state index contributed by atoms with van der Waals surface area (Å²) in [5.41, 5.74) is 1.97. The molecule has 0 fully saturated rings. The highest BCUT2D eigenvalue weighted by Gasteiger charge is 2.24. The molecule has 3 aromatic carbocycles. The van der Waals surface area contributed by atoms with E-state index in [1.54, 1.807) is 42.5 Å². The molecule has 10 nitrogen and oxygen atoms in total. The maximum absolute atomic E-state index is 12.1. The Kier molecular flexibility index (Phi) is 5.90. The summed E-state index contributed by atoms with van der Waals surface area (Å²) in [4.78, 5) is 36.8. The molecule has 0 saturated carbocycles. The first kappa shape index (κ1) is 21.4. The maximum atomic E-state index is 12.1. The zero-order chi connectivity index (χ0) is 23.4. The quantitative estimate of drug-likeness (QED) is 0.227. The highest BCUT2D eigenvalue weighted by atomic mass is 16.6. The molecule has 0 saturated heterocycles. The zero-order valence-electron chi connectivity index (χ0n) is 16.9. The van der Waals surface area contributed by atoms with Crippen molar-refractivity contribution in [3.8, 4) is 5.75 Å². The fourth-order valence-electron chi connectivity index (χ4n) is 2.96. The molecule has 0 spiro atoms. The molecule has 10 heteroatoms. The SMILES string of the molecule is O=C1OC(c2ccc([N+](=O)[O-])cc2)=N/C1=C\c1ccc(OCc2ccc([N+](=O)[O-])cc2)cc1. The number of aliphatic imine (C=N–C) groups is 1. The fraction of sp³-hybridized carbons (Fsp3) is 0.0435. The topological polar surface area (TPSA) is 134 Å². The molecule has 164 valence electrons. The number of benzene rings is 3. The number of esters is 1. The fourth-order valence-corrected chi connectivity index (χ4v) is 2.96. The number of nitro groups is 2. The van der Waals surface area contributed by atoms with Crippen LogP contribution in [-0.2, 0) is 16.1 Å². The van der Waals surface area contributed by atoms with Crippen molar-refractivity contribution in [1.82, 2.24) is 0 Å². The van der Waals surface area contributed by atoms with Gasteiger partial charge in [-0.2, -0.15) is 0 Å². The molecule has 1 heterocycles. The number of nitrogens with zero attached hydrogens (tertiary/aromatic N) is 3. The van der Waals surface area contributed by atoms with Gasteiger partial charge in [-0.1, -0.05) is 12.1 Å². The van der Waals surface area contributed by atoms with Gasteiger partial charge >= 0.3 is 5.97 Å². The van der Waals surface area contributed by atoms with Gasteiger partial charge in [-0.15, -0.1) is 0 Å². The van der Waals surface area contributed by atoms with Crippen LogP contribution >= 0.6 is 0 Å². The van der Waals surface area contributed by atoms with Crippen molar-refractivity contribution in [1.29, 1.82) is 0 Å². The lowest BCUT2D eigenvalue weighted by Gasteiger charge is -2.06. The van der Waals surface area contributed by atoms with Crippen LogP contribution < -0.4 is 4.74 Å². The number of carbonyl (C=O) groups is 1. The van der Waals surface area contributed by atoms with Gasteiger partial charge in [0.2, 0.25) is 5.90 Å². The molecular weight excluding hydrogens is 430 g/mol. The van der Waals surface area contributed by atoms with E-state index >= 15 is 0 Å². The van der Waals surface area contributed by atoms with Crippen LogP contribution in [0.4, 0.5) is 11.4 Å². The number of hydrogen-bond acceptors (Lipinski definition) is 8. The number of hydrogen-bond donors (Lipinski definition) is 0. The Balaban J connectivity index is 1.41. The van der Waals surface area contributed by atoms with Crippen LogP contribution in [0.2, 0.25) is 0 Å². The van der Waals surface area contributed by atoms with E-state index in [-0.39, 0.29) is 29.6 Å². The van der Waals surface area contributed by atoms with Crippen LogP contribution in [-0.4, -0.2) is 21.7 Å². The second kappa shape index (κ2) is 9.10. The van der Waals surface area contributed by atoms with Gasteiger partial charge < -0.3 is 9.47 Å². The molecule has 1 aliphatic heterocycles. The molecule has 0 bridgehead atoms. The normalized spacial score (nSPS) is 14.0. The molecular formula is C23H15N3O7. The van der Waals surface area contributed by atoms with Crippen molar-refractivity contribution < 1.29 is 24.1 Å². The number of rotatable bonds is 7. The summed E-state index contributed by atoms with van der Waals surface area (Å²) in [6.45, 7) is 0.244. The van der Waals surface area contributed by atoms with E-state index in [9.17, 15) is 25.0 Å². The molecule has 4 rings (SSSR count). The lowest BCUT2D eigenvalue weighted by atomic mass is 10.2. The third-order valence-electron chi connectivity index (χ3n) is 4.68. The molecule has 3 aromatic rings. The van der Waals surface area contributed by atoms with Gasteiger partial charge in [0.05, 0.1) is 9.85 Å². The number of non-ortho nitro benzene ring substituents is 2. The van der Waals surface area contributed by atoms with E-state index in [2.05, 4.69) is 4.99 Å². The van der Waals surface area contributed by atoms with Crippen LogP contribution in [0, 0.1) is 20.2 Å². The molecule has 0 N–H and O–H groups in total. The van der Waals surface area contributed by atoms with Crippen LogP contribution in [0.1, 0.15) is 16.7 Å². The van der Waals surface area contributed by atoms with Gasteiger partial charge in [-0.3, -0.25) is 20.2 Å². The molecule has 0 aliphatic carbocycles. The summed E-state index contributed by atoms with van der Waals surface area (Å²) < 4.78 is 10.9. The molecule has 0 aromatic heterocycles. The van der Waals surface area contributed by atoms with Gasteiger partial charge in [0, 0.05) is 29.8 Å². The molecule has 0 unspecified atom stereocenters. The zero-order valence-corrected chi connectivity index (χ0v) is 16.9. The first-order chi connectivity index (χ1) is 15.9. The van der Waals surface area contributed by atoms with Crippen molar-refractivity contribution in [2.24, 2.45) is 4.99 Å². The van der Waals surface area contributed by atoms with E-state index < -0.39 is 15.8 Å². The highest BCUT2D eigenvalue weighted by molar-refractivity contribution is 6.12. The predicted molar refractivity (Wildman–Crippen MR) is 118 cm³/mol. The smallest absolute Gasteiger partial charge is 0.363 e. The summed E-state index contributed by atoms with van der Waals surface area (Å²) in [5.74, 6) is 0.0330. The third kappa shape index (κ3) is 5.07. The summed E-state index contributed by atoms with van der Waals surface area (Å²) in [6, 6.07) is 18.6. The Morgan fingerprint density at radius 1 is 0.848 bits per heavy atom. The van der Waals surface area contributed by atoms with Crippen molar-refractivity contribution in [2.75, 3.05) is 0 Å². The minimum Gasteiger partial charge on any atom is -0.489 e. The minimum absolute atomic E-state index is 0.0148. The Labute approximate surface area is 186 Å². The lowest BCUT2D eigenvalue weighted by Crippen LogP contribution is -2.05. The monoisotopic (exact) mass is 445 g/mol. The van der Waals surface area contributed by atoms with Gasteiger partial charge in [0.1, 0.15) is 12.4 Å². The maximum Gasteiger partial charge on any atom is 0.363 e. The third-order valence-corrected chi connectivity index (χ3v) is 4.68. The van der Waals surface area contributed by atoms with E-state index in [0.29, 0.717) is 16.9 Å². The predicted octanol–water partition coefficient (Wildman–Crippen LogP) is 4.43. The second-order valence-corrected chi connectivity index (χ2v) is 6.92. The number of carbonyl (C=O) groups excluding carboxylic acids is 1. The summed E-state index contributed by atoms with van der Waals surface area (Å²) >= 11 is 0. The molecule has 0 amide bonds.